The molecule has 1 aromatic carbocycles. The van der Waals surface area contributed by atoms with Crippen molar-refractivity contribution in [2.75, 3.05) is 6.61 Å². The molecule has 0 amide bonds. The minimum Gasteiger partial charge on any atom is -0.391 e. The Morgan fingerprint density at radius 2 is 2.04 bits per heavy atom. The van der Waals surface area contributed by atoms with Crippen molar-refractivity contribution in [1.82, 2.24) is 24.8 Å². The Morgan fingerprint density at radius 1 is 1.20 bits per heavy atom. The fourth-order valence-corrected chi connectivity index (χ4v) is 2.88. The fourth-order valence-electron chi connectivity index (χ4n) is 2.88. The summed E-state index contributed by atoms with van der Waals surface area (Å²) in [5.41, 5.74) is 4.07. The molecule has 0 unspecified atom stereocenters. The lowest BCUT2D eigenvalue weighted by molar-refractivity contribution is 0.175. The van der Waals surface area contributed by atoms with Crippen LogP contribution in [0.25, 0.3) is 17.0 Å². The van der Waals surface area contributed by atoms with Gasteiger partial charge >= 0.3 is 0 Å². The number of aryl methyl sites for hydroxylation is 1. The minimum atomic E-state index is 0.338. The molecule has 2 heterocycles. The summed E-state index contributed by atoms with van der Waals surface area (Å²) < 4.78 is 1.71. The van der Waals surface area contributed by atoms with Crippen molar-refractivity contribution in [1.29, 1.82) is 0 Å². The highest BCUT2D eigenvalue weighted by molar-refractivity contribution is 6.22. The van der Waals surface area contributed by atoms with Crippen molar-refractivity contribution in [2.24, 2.45) is 5.16 Å². The van der Waals surface area contributed by atoms with Gasteiger partial charge in [0.1, 0.15) is 23.7 Å². The number of hydrogen-bond acceptors (Lipinski definition) is 6. The zero-order chi connectivity index (χ0) is 17.2. The van der Waals surface area contributed by atoms with E-state index in [0.717, 1.165) is 41.9 Å². The van der Waals surface area contributed by atoms with Gasteiger partial charge in [0.15, 0.2) is 5.82 Å². The van der Waals surface area contributed by atoms with Crippen molar-refractivity contribution in [3.05, 3.63) is 54.0 Å². The molecule has 25 heavy (non-hydrogen) atoms. The highest BCUT2D eigenvalue weighted by Gasteiger charge is 2.30. The van der Waals surface area contributed by atoms with Crippen molar-refractivity contribution in [3.63, 3.8) is 0 Å². The first-order valence-electron chi connectivity index (χ1n) is 8.36. The first-order chi connectivity index (χ1) is 12.3. The maximum atomic E-state index is 5.33. The standard InChI is InChI=1S/C18H18N6O/c1-3-5-10-14-20-21-18-19-15-12-8-6-7-9-13(12)16(23-25-11-4-2)17(15)22-24(14)18/h4,6-9H,2-3,5,10-11H2,1H3/b23-16+. The molecular formula is C18H18N6O. The summed E-state index contributed by atoms with van der Waals surface area (Å²) in [5.74, 6) is 1.32. The van der Waals surface area contributed by atoms with Crippen LogP contribution in [0.15, 0.2) is 42.1 Å². The second-order valence-corrected chi connectivity index (χ2v) is 5.81. The SMILES string of the molecule is C=CCO/N=C1\c2ccccc2-c2nc3nnc(CCCC)n3nc21. The van der Waals surface area contributed by atoms with E-state index in [9.17, 15) is 0 Å². The Kier molecular flexibility index (Phi) is 3.97. The maximum absolute atomic E-state index is 5.33. The number of oxime groups is 1. The van der Waals surface area contributed by atoms with Crippen LogP contribution in [-0.4, -0.2) is 37.1 Å². The van der Waals surface area contributed by atoms with Crippen LogP contribution in [-0.2, 0) is 11.3 Å². The van der Waals surface area contributed by atoms with E-state index in [1.165, 1.54) is 0 Å². The van der Waals surface area contributed by atoms with Crippen LogP contribution in [0.5, 0.6) is 0 Å². The van der Waals surface area contributed by atoms with E-state index in [4.69, 9.17) is 9.94 Å². The van der Waals surface area contributed by atoms with Gasteiger partial charge in [0.05, 0.1) is 0 Å². The van der Waals surface area contributed by atoms with Gasteiger partial charge in [-0.15, -0.1) is 10.2 Å². The maximum Gasteiger partial charge on any atom is 0.272 e. The van der Waals surface area contributed by atoms with Crippen molar-refractivity contribution >= 4 is 11.5 Å². The van der Waals surface area contributed by atoms with E-state index in [2.05, 4.69) is 33.8 Å². The molecule has 7 heteroatoms. The summed E-state index contributed by atoms with van der Waals surface area (Å²) in [6, 6.07) is 7.93. The average Bonchev–Trinajstić information content (AvgIpc) is 3.18. The van der Waals surface area contributed by atoms with Crippen molar-refractivity contribution in [3.8, 4) is 11.3 Å². The van der Waals surface area contributed by atoms with Crippen LogP contribution in [0, 0.1) is 0 Å². The van der Waals surface area contributed by atoms with Crippen LogP contribution < -0.4 is 0 Å². The van der Waals surface area contributed by atoms with Gasteiger partial charge in [-0.05, 0) is 6.42 Å². The Bertz CT molecular complexity index is 975. The molecule has 0 bridgehead atoms. The third kappa shape index (κ3) is 2.57. The Balaban J connectivity index is 1.87. The molecule has 7 nitrogen and oxygen atoms in total. The molecule has 0 saturated heterocycles. The number of rotatable bonds is 6. The zero-order valence-corrected chi connectivity index (χ0v) is 14.0. The van der Waals surface area contributed by atoms with Crippen molar-refractivity contribution in [2.45, 2.75) is 26.2 Å². The molecule has 0 N–H and O–H groups in total. The molecule has 3 aromatic rings. The quantitative estimate of drug-likeness (QED) is 0.308. The van der Waals surface area contributed by atoms with Crippen LogP contribution in [0.3, 0.4) is 0 Å². The molecule has 1 aliphatic carbocycles. The number of fused-ring (bicyclic) bond motifs is 4. The number of benzene rings is 1. The zero-order valence-electron chi connectivity index (χ0n) is 14.0. The van der Waals surface area contributed by atoms with E-state index < -0.39 is 0 Å². The Hall–Kier alpha value is -3.09. The minimum absolute atomic E-state index is 0.338. The van der Waals surface area contributed by atoms with Crippen LogP contribution in [0.4, 0.5) is 0 Å². The van der Waals surface area contributed by atoms with E-state index in [1.54, 1.807) is 10.6 Å². The summed E-state index contributed by atoms with van der Waals surface area (Å²) in [7, 11) is 0. The smallest absolute Gasteiger partial charge is 0.272 e. The molecule has 0 spiro atoms. The third-order valence-electron chi connectivity index (χ3n) is 4.09. The van der Waals surface area contributed by atoms with Crippen LogP contribution >= 0.6 is 0 Å². The van der Waals surface area contributed by atoms with E-state index in [1.807, 2.05) is 24.3 Å². The predicted octanol–water partition coefficient (Wildman–Crippen LogP) is 2.80. The van der Waals surface area contributed by atoms with Gasteiger partial charge in [0.25, 0.3) is 5.78 Å². The molecule has 0 atom stereocenters. The fraction of sp³-hybridized carbons (Fsp3) is 0.278. The second kappa shape index (κ2) is 6.43. The molecule has 2 aromatic heterocycles. The molecule has 126 valence electrons. The monoisotopic (exact) mass is 334 g/mol. The topological polar surface area (TPSA) is 77.6 Å². The van der Waals surface area contributed by atoms with E-state index in [0.29, 0.717) is 23.8 Å². The van der Waals surface area contributed by atoms with Crippen LogP contribution in [0.2, 0.25) is 0 Å². The van der Waals surface area contributed by atoms with Crippen molar-refractivity contribution < 1.29 is 4.84 Å². The lowest BCUT2D eigenvalue weighted by Crippen LogP contribution is -2.09. The highest BCUT2D eigenvalue weighted by atomic mass is 16.6. The Labute approximate surface area is 145 Å². The van der Waals surface area contributed by atoms with Gasteiger partial charge in [-0.25, -0.2) is 4.98 Å². The van der Waals surface area contributed by atoms with Gasteiger partial charge in [-0.3, -0.25) is 0 Å². The highest BCUT2D eigenvalue weighted by Crippen LogP contribution is 2.34. The summed E-state index contributed by atoms with van der Waals surface area (Å²) in [5, 5.41) is 17.4. The first-order valence-corrected chi connectivity index (χ1v) is 8.36. The third-order valence-corrected chi connectivity index (χ3v) is 4.09. The molecule has 0 saturated carbocycles. The largest absolute Gasteiger partial charge is 0.391 e. The molecule has 4 rings (SSSR count). The van der Waals surface area contributed by atoms with Gasteiger partial charge < -0.3 is 4.84 Å². The van der Waals surface area contributed by atoms with Gasteiger partial charge in [0, 0.05) is 17.5 Å². The lowest BCUT2D eigenvalue weighted by Gasteiger charge is -2.02. The first kappa shape index (κ1) is 15.4. The Morgan fingerprint density at radius 3 is 2.84 bits per heavy atom. The van der Waals surface area contributed by atoms with Gasteiger partial charge in [-0.2, -0.15) is 9.61 Å². The van der Waals surface area contributed by atoms with Gasteiger partial charge in [-0.1, -0.05) is 55.4 Å². The number of nitrogens with zero attached hydrogens (tertiary/aromatic N) is 6. The van der Waals surface area contributed by atoms with Gasteiger partial charge in [0.2, 0.25) is 0 Å². The number of hydrogen-bond donors (Lipinski definition) is 0. The van der Waals surface area contributed by atoms with Crippen LogP contribution in [0.1, 0.15) is 36.8 Å². The normalized spacial score (nSPS) is 13.9. The molecule has 0 radical (unpaired) electrons. The van der Waals surface area contributed by atoms with E-state index >= 15 is 0 Å². The second-order valence-electron chi connectivity index (χ2n) is 5.81. The number of aromatic nitrogens is 5. The average molecular weight is 334 g/mol. The summed E-state index contributed by atoms with van der Waals surface area (Å²) in [6.45, 7) is 6.13. The van der Waals surface area contributed by atoms with E-state index in [-0.39, 0.29) is 0 Å². The predicted molar refractivity (Wildman–Crippen MR) is 94.4 cm³/mol. The molecular weight excluding hydrogens is 316 g/mol. The summed E-state index contributed by atoms with van der Waals surface area (Å²) >= 11 is 0. The lowest BCUT2D eigenvalue weighted by atomic mass is 10.1. The molecule has 1 aliphatic rings. The molecule has 0 fully saturated rings. The summed E-state index contributed by atoms with van der Waals surface area (Å²) in [4.78, 5) is 10.0. The number of unbranched alkanes of at least 4 members (excludes halogenated alkanes) is 1. The molecule has 0 aliphatic heterocycles. The summed E-state index contributed by atoms with van der Waals surface area (Å²) in [6.07, 6.45) is 4.59.